The van der Waals surface area contributed by atoms with E-state index in [4.69, 9.17) is 14.2 Å². The van der Waals surface area contributed by atoms with E-state index in [0.29, 0.717) is 37.1 Å². The Morgan fingerprint density at radius 2 is 1.58 bits per heavy atom. The molecule has 0 aliphatic rings. The Bertz CT molecular complexity index is 1010. The van der Waals surface area contributed by atoms with Gasteiger partial charge in [0.2, 0.25) is 5.75 Å². The van der Waals surface area contributed by atoms with Gasteiger partial charge in [0.15, 0.2) is 11.5 Å². The largest absolute Gasteiger partial charge is 0.490 e. The van der Waals surface area contributed by atoms with Gasteiger partial charge in [-0.05, 0) is 44.4 Å². The molecular formula is C21H23N3O5S2. The lowest BCUT2D eigenvalue weighted by molar-refractivity contribution is 0.0844. The number of nitrogens with one attached hydrogen (secondary N) is 2. The van der Waals surface area contributed by atoms with Crippen molar-refractivity contribution in [2.45, 2.75) is 20.8 Å². The van der Waals surface area contributed by atoms with Gasteiger partial charge in [0.25, 0.3) is 11.8 Å². The van der Waals surface area contributed by atoms with Crippen LogP contribution in [0.5, 0.6) is 17.2 Å². The van der Waals surface area contributed by atoms with Gasteiger partial charge in [-0.15, -0.1) is 22.7 Å². The van der Waals surface area contributed by atoms with Crippen molar-refractivity contribution in [1.82, 2.24) is 15.8 Å². The minimum Gasteiger partial charge on any atom is -0.490 e. The van der Waals surface area contributed by atoms with Crippen LogP contribution in [0.25, 0.3) is 9.88 Å². The molecule has 0 fully saturated rings. The van der Waals surface area contributed by atoms with Crippen molar-refractivity contribution in [2.24, 2.45) is 0 Å². The lowest BCUT2D eigenvalue weighted by atomic mass is 10.1. The summed E-state index contributed by atoms with van der Waals surface area (Å²) < 4.78 is 16.9. The Labute approximate surface area is 188 Å². The summed E-state index contributed by atoms with van der Waals surface area (Å²) in [6, 6.07) is 6.96. The molecule has 0 spiro atoms. The van der Waals surface area contributed by atoms with E-state index in [2.05, 4.69) is 15.8 Å². The zero-order valence-electron chi connectivity index (χ0n) is 17.4. The molecule has 31 heavy (non-hydrogen) atoms. The van der Waals surface area contributed by atoms with Crippen LogP contribution in [-0.2, 0) is 0 Å². The molecule has 164 valence electrons. The molecule has 10 heteroatoms. The summed E-state index contributed by atoms with van der Waals surface area (Å²) >= 11 is 2.91. The van der Waals surface area contributed by atoms with Crippen LogP contribution in [0.3, 0.4) is 0 Å². The smallest absolute Gasteiger partial charge is 0.289 e. The number of ether oxygens (including phenoxy) is 3. The van der Waals surface area contributed by atoms with E-state index in [-0.39, 0.29) is 11.3 Å². The first-order valence-corrected chi connectivity index (χ1v) is 11.5. The van der Waals surface area contributed by atoms with Gasteiger partial charge in [0.1, 0.15) is 10.7 Å². The van der Waals surface area contributed by atoms with Crippen molar-refractivity contribution in [3.8, 4) is 27.1 Å². The fourth-order valence-electron chi connectivity index (χ4n) is 2.66. The van der Waals surface area contributed by atoms with Gasteiger partial charge in [0.05, 0.1) is 24.7 Å². The molecule has 0 radical (unpaired) electrons. The average Bonchev–Trinajstić information content (AvgIpc) is 3.46. The van der Waals surface area contributed by atoms with Crippen molar-refractivity contribution in [2.75, 3.05) is 19.8 Å². The standard InChI is InChI=1S/C21H23N3O5S2/c1-4-27-15-10-13(11-16(28-5-2)18(15)29-6-3)19(25)23-24-20(26)14-12-31-21(22-14)17-8-7-9-30-17/h7-12H,4-6H2,1-3H3,(H,23,25)(H,24,26). The number of thiazole rings is 1. The number of hydrogen-bond donors (Lipinski definition) is 2. The predicted molar refractivity (Wildman–Crippen MR) is 120 cm³/mol. The molecule has 0 unspecified atom stereocenters. The molecule has 0 saturated heterocycles. The number of amides is 2. The van der Waals surface area contributed by atoms with Crippen LogP contribution in [0.4, 0.5) is 0 Å². The minimum absolute atomic E-state index is 0.227. The number of aromatic nitrogens is 1. The molecule has 0 atom stereocenters. The predicted octanol–water partition coefficient (Wildman–Crippen LogP) is 4.14. The van der Waals surface area contributed by atoms with Gasteiger partial charge in [-0.1, -0.05) is 6.07 Å². The lowest BCUT2D eigenvalue weighted by Gasteiger charge is -2.17. The van der Waals surface area contributed by atoms with Gasteiger partial charge in [-0.2, -0.15) is 0 Å². The summed E-state index contributed by atoms with van der Waals surface area (Å²) in [7, 11) is 0. The molecule has 2 aromatic heterocycles. The molecule has 1 aromatic carbocycles. The Morgan fingerprint density at radius 3 is 2.16 bits per heavy atom. The Hall–Kier alpha value is -3.11. The van der Waals surface area contributed by atoms with Crippen LogP contribution in [0.15, 0.2) is 35.0 Å². The van der Waals surface area contributed by atoms with Crippen LogP contribution in [0.1, 0.15) is 41.6 Å². The molecule has 2 heterocycles. The van der Waals surface area contributed by atoms with Gasteiger partial charge in [0, 0.05) is 10.9 Å². The number of carbonyl (C=O) groups is 2. The number of thiophene rings is 1. The summed E-state index contributed by atoms with van der Waals surface area (Å²) in [5.41, 5.74) is 5.29. The maximum absolute atomic E-state index is 12.7. The number of benzene rings is 1. The summed E-state index contributed by atoms with van der Waals surface area (Å²) in [5.74, 6) is 0.203. The van der Waals surface area contributed by atoms with Crippen LogP contribution in [0.2, 0.25) is 0 Å². The fourth-order valence-corrected chi connectivity index (χ4v) is 4.28. The second-order valence-corrected chi connectivity index (χ2v) is 7.83. The van der Waals surface area contributed by atoms with E-state index in [9.17, 15) is 9.59 Å². The third kappa shape index (κ3) is 5.53. The number of rotatable bonds is 9. The summed E-state index contributed by atoms with van der Waals surface area (Å²) in [4.78, 5) is 30.4. The number of carbonyl (C=O) groups excluding carboxylic acids is 2. The van der Waals surface area contributed by atoms with E-state index >= 15 is 0 Å². The highest BCUT2D eigenvalue weighted by Gasteiger charge is 2.19. The van der Waals surface area contributed by atoms with E-state index in [1.807, 2.05) is 38.3 Å². The zero-order valence-corrected chi connectivity index (χ0v) is 19.0. The fraction of sp³-hybridized carbons (Fsp3) is 0.286. The van der Waals surface area contributed by atoms with Gasteiger partial charge < -0.3 is 14.2 Å². The first kappa shape index (κ1) is 22.6. The number of nitrogens with zero attached hydrogens (tertiary/aromatic N) is 1. The summed E-state index contributed by atoms with van der Waals surface area (Å²) in [6.07, 6.45) is 0. The summed E-state index contributed by atoms with van der Waals surface area (Å²) in [6.45, 7) is 6.73. The van der Waals surface area contributed by atoms with E-state index in [0.717, 1.165) is 9.88 Å². The molecule has 0 aliphatic carbocycles. The zero-order chi connectivity index (χ0) is 22.2. The highest BCUT2D eigenvalue weighted by molar-refractivity contribution is 7.20. The molecule has 8 nitrogen and oxygen atoms in total. The molecule has 2 amide bonds. The topological polar surface area (TPSA) is 98.8 Å². The second-order valence-electron chi connectivity index (χ2n) is 6.02. The highest BCUT2D eigenvalue weighted by atomic mass is 32.1. The van der Waals surface area contributed by atoms with Crippen molar-refractivity contribution in [3.63, 3.8) is 0 Å². The molecule has 0 saturated carbocycles. The quantitative estimate of drug-likeness (QED) is 0.465. The van der Waals surface area contributed by atoms with Crippen LogP contribution >= 0.6 is 22.7 Å². The molecule has 0 bridgehead atoms. The van der Waals surface area contributed by atoms with Gasteiger partial charge >= 0.3 is 0 Å². The summed E-state index contributed by atoms with van der Waals surface area (Å²) in [5, 5.41) is 4.34. The lowest BCUT2D eigenvalue weighted by Crippen LogP contribution is -2.41. The molecule has 3 aromatic rings. The third-order valence-electron chi connectivity index (χ3n) is 3.93. The average molecular weight is 462 g/mol. The molecular weight excluding hydrogens is 438 g/mol. The number of hydrazine groups is 1. The van der Waals surface area contributed by atoms with E-state index in [1.165, 1.54) is 11.3 Å². The van der Waals surface area contributed by atoms with Crippen molar-refractivity contribution < 1.29 is 23.8 Å². The maximum Gasteiger partial charge on any atom is 0.289 e. The monoisotopic (exact) mass is 461 g/mol. The van der Waals surface area contributed by atoms with Gasteiger partial charge in [-0.3, -0.25) is 20.4 Å². The normalized spacial score (nSPS) is 10.4. The Balaban J connectivity index is 1.72. The number of hydrogen-bond acceptors (Lipinski definition) is 8. The van der Waals surface area contributed by atoms with Crippen LogP contribution in [0, 0.1) is 0 Å². The van der Waals surface area contributed by atoms with E-state index < -0.39 is 11.8 Å². The second kappa shape index (κ2) is 10.8. The molecule has 0 aliphatic heterocycles. The SMILES string of the molecule is CCOc1cc(C(=O)NNC(=O)c2csc(-c3cccs3)n2)cc(OCC)c1OCC. The molecule has 3 rings (SSSR count). The highest BCUT2D eigenvalue weighted by Crippen LogP contribution is 2.39. The van der Waals surface area contributed by atoms with Crippen molar-refractivity contribution in [3.05, 3.63) is 46.3 Å². The van der Waals surface area contributed by atoms with Crippen molar-refractivity contribution in [1.29, 1.82) is 0 Å². The van der Waals surface area contributed by atoms with Crippen LogP contribution in [-0.4, -0.2) is 36.6 Å². The Kier molecular flexibility index (Phi) is 7.85. The maximum atomic E-state index is 12.7. The Morgan fingerprint density at radius 1 is 0.935 bits per heavy atom. The van der Waals surface area contributed by atoms with Gasteiger partial charge in [-0.25, -0.2) is 4.98 Å². The van der Waals surface area contributed by atoms with E-state index in [1.54, 1.807) is 28.8 Å². The first-order valence-electron chi connectivity index (χ1n) is 9.73. The van der Waals surface area contributed by atoms with Crippen molar-refractivity contribution >= 4 is 34.5 Å². The van der Waals surface area contributed by atoms with Crippen LogP contribution < -0.4 is 25.1 Å². The first-order chi connectivity index (χ1) is 15.1. The minimum atomic E-state index is -0.521. The third-order valence-corrected chi connectivity index (χ3v) is 5.81. The molecule has 2 N–H and O–H groups in total.